The predicted molar refractivity (Wildman–Crippen MR) is 116 cm³/mol. The Morgan fingerprint density at radius 3 is 2.30 bits per heavy atom. The third-order valence-corrected chi connectivity index (χ3v) is 9.78. The number of esters is 1. The number of rotatable bonds is 5. The van der Waals surface area contributed by atoms with Gasteiger partial charge in [0.05, 0.1) is 22.5 Å². The average molecular weight is 563 g/mol. The van der Waals surface area contributed by atoms with E-state index in [9.17, 15) is 19.2 Å². The molecule has 1 saturated heterocycles. The Balaban J connectivity index is 1.38. The average Bonchev–Trinajstić information content (AvgIpc) is 3.32. The molecule has 0 aromatic heterocycles. The van der Waals surface area contributed by atoms with Crippen LogP contribution in [0.4, 0.5) is 5.69 Å². The zero-order valence-corrected chi connectivity index (χ0v) is 19.8. The van der Waals surface area contributed by atoms with Crippen LogP contribution in [0.15, 0.2) is 24.3 Å². The van der Waals surface area contributed by atoms with Gasteiger partial charge in [0.15, 0.2) is 6.61 Å². The minimum absolute atomic E-state index is 0.0652. The Kier molecular flexibility index (Phi) is 5.98. The lowest BCUT2D eigenvalue weighted by atomic mass is 9.81. The van der Waals surface area contributed by atoms with Gasteiger partial charge in [-0.25, -0.2) is 4.79 Å². The second-order valence-corrected chi connectivity index (χ2v) is 10.4. The van der Waals surface area contributed by atoms with Crippen LogP contribution in [0.25, 0.3) is 0 Å². The third kappa shape index (κ3) is 3.48. The summed E-state index contributed by atoms with van der Waals surface area (Å²) in [5, 5.41) is 2.90. The number of imide groups is 1. The molecule has 3 fully saturated rings. The number of likely N-dealkylation sites (tertiary alicyclic amines) is 1. The summed E-state index contributed by atoms with van der Waals surface area (Å²) in [6.07, 6.45) is 0.813. The summed E-state index contributed by atoms with van der Waals surface area (Å²) in [7, 11) is 0. The van der Waals surface area contributed by atoms with E-state index < -0.39 is 36.4 Å². The van der Waals surface area contributed by atoms with Crippen molar-refractivity contribution in [2.24, 2.45) is 23.7 Å². The molecule has 1 aliphatic heterocycles. The minimum Gasteiger partial charge on any atom is -0.454 e. The summed E-state index contributed by atoms with van der Waals surface area (Å²) in [6, 6.07) is 5.58. The largest absolute Gasteiger partial charge is 0.454 e. The molecule has 2 saturated carbocycles. The normalized spacial score (nSPS) is 32.9. The summed E-state index contributed by atoms with van der Waals surface area (Å²) in [5.74, 6) is -2.70. The van der Waals surface area contributed by atoms with Gasteiger partial charge in [0, 0.05) is 9.65 Å². The first-order chi connectivity index (χ1) is 14.2. The fraction of sp³-hybridized carbons (Fsp3) is 0.500. The van der Waals surface area contributed by atoms with E-state index in [1.165, 1.54) is 6.92 Å². The van der Waals surface area contributed by atoms with Gasteiger partial charge in [-0.05, 0) is 37.3 Å². The third-order valence-electron chi connectivity index (χ3n) is 6.24. The van der Waals surface area contributed by atoms with Gasteiger partial charge in [-0.3, -0.25) is 19.3 Å². The molecule has 0 unspecified atom stereocenters. The maximum absolute atomic E-state index is 13.0. The van der Waals surface area contributed by atoms with Gasteiger partial charge in [0.2, 0.25) is 11.8 Å². The molecule has 0 spiro atoms. The fourth-order valence-corrected chi connectivity index (χ4v) is 6.92. The number of ether oxygens (including phenoxy) is 1. The lowest BCUT2D eigenvalue weighted by molar-refractivity contribution is -0.159. The molecule has 2 aliphatic carbocycles. The molecule has 7 nitrogen and oxygen atoms in total. The number of hydrogen-bond donors (Lipinski definition) is 1. The van der Waals surface area contributed by atoms with Crippen molar-refractivity contribution >= 4 is 72.8 Å². The van der Waals surface area contributed by atoms with Crippen molar-refractivity contribution in [1.82, 2.24) is 4.90 Å². The summed E-state index contributed by atoms with van der Waals surface area (Å²) < 4.78 is 5.06. The first-order valence-corrected chi connectivity index (χ1v) is 11.8. The zero-order valence-electron chi connectivity index (χ0n) is 15.9. The number of benzene rings is 1. The lowest BCUT2D eigenvalue weighted by Crippen LogP contribution is -2.45. The first kappa shape index (κ1) is 21.8. The highest BCUT2D eigenvalue weighted by Gasteiger charge is 2.67. The standard InChI is InChI=1S/C20H19Br2ClN2O5/c1-8(20(29)30-7-13(26)24-12-5-3-2-4-11(12)23)25-18(27)14-9-6-10(15(14)19(25)28)17(22)16(9)21/h2-5,8-10,14-17H,6-7H2,1H3,(H,24,26)/t8-,9-,10-,14-,15-,16-,17+/m1/s1. The second-order valence-electron chi connectivity index (χ2n) is 7.86. The fourth-order valence-electron chi connectivity index (χ4n) is 4.87. The molecular weight excluding hydrogens is 543 g/mol. The summed E-state index contributed by atoms with van der Waals surface area (Å²) >= 11 is 13.2. The van der Waals surface area contributed by atoms with Crippen LogP contribution in [0.5, 0.6) is 0 Å². The number of hydrogen-bond acceptors (Lipinski definition) is 5. The Hall–Kier alpha value is -1.45. The highest BCUT2D eigenvalue weighted by atomic mass is 79.9. The van der Waals surface area contributed by atoms with E-state index in [0.29, 0.717) is 10.7 Å². The van der Waals surface area contributed by atoms with Crippen molar-refractivity contribution in [1.29, 1.82) is 0 Å². The highest BCUT2D eigenvalue weighted by molar-refractivity contribution is 9.12. The van der Waals surface area contributed by atoms with Crippen LogP contribution in [0, 0.1) is 23.7 Å². The Morgan fingerprint density at radius 1 is 1.17 bits per heavy atom. The van der Waals surface area contributed by atoms with E-state index in [0.717, 1.165) is 11.3 Å². The van der Waals surface area contributed by atoms with Crippen LogP contribution >= 0.6 is 43.5 Å². The number of carbonyl (C=O) groups is 4. The number of amides is 3. The van der Waals surface area contributed by atoms with Gasteiger partial charge < -0.3 is 10.1 Å². The molecule has 0 radical (unpaired) electrons. The van der Waals surface area contributed by atoms with Gasteiger partial charge in [-0.15, -0.1) is 0 Å². The molecule has 7 atom stereocenters. The van der Waals surface area contributed by atoms with Crippen LogP contribution in [-0.4, -0.2) is 50.9 Å². The molecule has 1 aromatic rings. The van der Waals surface area contributed by atoms with E-state index in [4.69, 9.17) is 16.3 Å². The Morgan fingerprint density at radius 2 is 1.73 bits per heavy atom. The minimum atomic E-state index is -1.09. The number of nitrogens with one attached hydrogen (secondary N) is 1. The van der Waals surface area contributed by atoms with Crippen LogP contribution in [0.2, 0.25) is 5.02 Å². The SMILES string of the molecule is C[C@H](C(=O)OCC(=O)Nc1ccccc1Cl)N1C(=O)[C@@H]2[C@H]3C[C@@H]([C@@H](Br)[C@H]3Br)[C@H]2C1=O. The highest BCUT2D eigenvalue weighted by Crippen LogP contribution is 2.60. The van der Waals surface area contributed by atoms with Gasteiger partial charge in [0.25, 0.3) is 5.91 Å². The molecule has 1 heterocycles. The van der Waals surface area contributed by atoms with Gasteiger partial charge in [-0.2, -0.15) is 0 Å². The smallest absolute Gasteiger partial charge is 0.329 e. The van der Waals surface area contributed by atoms with Crippen LogP contribution in [0.1, 0.15) is 13.3 Å². The van der Waals surface area contributed by atoms with Crippen LogP contribution in [0.3, 0.4) is 0 Å². The Labute approximate surface area is 195 Å². The molecular formula is C20H19Br2ClN2O5. The topological polar surface area (TPSA) is 92.8 Å². The number of para-hydroxylation sites is 1. The predicted octanol–water partition coefficient (Wildman–Crippen LogP) is 2.99. The monoisotopic (exact) mass is 560 g/mol. The molecule has 2 bridgehead atoms. The summed E-state index contributed by atoms with van der Waals surface area (Å²) in [4.78, 5) is 51.7. The lowest BCUT2D eigenvalue weighted by Gasteiger charge is -2.28. The summed E-state index contributed by atoms with van der Waals surface area (Å²) in [5.41, 5.74) is 0.398. The van der Waals surface area contributed by atoms with Crippen molar-refractivity contribution in [3.63, 3.8) is 0 Å². The van der Waals surface area contributed by atoms with E-state index in [1.54, 1.807) is 24.3 Å². The van der Waals surface area contributed by atoms with E-state index in [-0.39, 0.29) is 33.3 Å². The van der Waals surface area contributed by atoms with Gasteiger partial charge >= 0.3 is 5.97 Å². The number of alkyl halides is 2. The molecule has 3 amide bonds. The van der Waals surface area contributed by atoms with Crippen molar-refractivity contribution in [3.05, 3.63) is 29.3 Å². The van der Waals surface area contributed by atoms with E-state index >= 15 is 0 Å². The van der Waals surface area contributed by atoms with Gasteiger partial charge in [0.1, 0.15) is 6.04 Å². The number of carbonyl (C=O) groups excluding carboxylic acids is 4. The van der Waals surface area contributed by atoms with Gasteiger partial charge in [-0.1, -0.05) is 55.6 Å². The van der Waals surface area contributed by atoms with Crippen molar-refractivity contribution in [2.75, 3.05) is 11.9 Å². The zero-order chi connectivity index (χ0) is 21.7. The molecule has 4 rings (SSSR count). The molecule has 1 N–H and O–H groups in total. The van der Waals surface area contributed by atoms with E-state index in [2.05, 4.69) is 37.2 Å². The number of fused-ring (bicyclic) bond motifs is 5. The first-order valence-electron chi connectivity index (χ1n) is 9.58. The number of anilines is 1. The Bertz CT molecular complexity index is 896. The van der Waals surface area contributed by atoms with Crippen molar-refractivity contribution in [2.45, 2.75) is 29.0 Å². The quantitative estimate of drug-likeness (QED) is 0.339. The summed E-state index contributed by atoms with van der Waals surface area (Å²) in [6.45, 7) is 0.903. The maximum Gasteiger partial charge on any atom is 0.329 e. The molecule has 30 heavy (non-hydrogen) atoms. The van der Waals surface area contributed by atoms with Crippen LogP contribution < -0.4 is 5.32 Å². The van der Waals surface area contributed by atoms with E-state index in [1.807, 2.05) is 0 Å². The molecule has 10 heteroatoms. The van der Waals surface area contributed by atoms with Crippen LogP contribution in [-0.2, 0) is 23.9 Å². The molecule has 1 aromatic carbocycles. The molecule has 3 aliphatic rings. The molecule has 160 valence electrons. The van der Waals surface area contributed by atoms with Crippen molar-refractivity contribution in [3.8, 4) is 0 Å². The maximum atomic E-state index is 13.0. The number of nitrogens with zero attached hydrogens (tertiary/aromatic N) is 1. The number of halogens is 3. The van der Waals surface area contributed by atoms with Crippen molar-refractivity contribution < 1.29 is 23.9 Å². The second kappa shape index (κ2) is 8.24.